The molecule has 2 fully saturated rings. The number of ether oxygens (including phenoxy) is 3. The summed E-state index contributed by atoms with van der Waals surface area (Å²) in [5, 5.41) is 3.33. The highest BCUT2D eigenvalue weighted by molar-refractivity contribution is 5.97. The van der Waals surface area contributed by atoms with Gasteiger partial charge in [-0.25, -0.2) is 14.4 Å². The number of hydrogen-bond donors (Lipinski definition) is 1. The van der Waals surface area contributed by atoms with Crippen LogP contribution in [0.4, 0.5) is 10.2 Å². The monoisotopic (exact) mass is 548 g/mol. The van der Waals surface area contributed by atoms with Gasteiger partial charge in [0.2, 0.25) is 0 Å². The van der Waals surface area contributed by atoms with Gasteiger partial charge in [-0.1, -0.05) is 0 Å². The molecule has 10 nitrogen and oxygen atoms in total. The molecule has 2 saturated heterocycles. The first kappa shape index (κ1) is 26.4. The maximum Gasteiger partial charge on any atom is 0.258 e. The minimum atomic E-state index is -0.508. The highest BCUT2D eigenvalue weighted by atomic mass is 19.1. The molecule has 0 radical (unpaired) electrons. The molecule has 3 aliphatic rings. The first-order valence-electron chi connectivity index (χ1n) is 13.7. The summed E-state index contributed by atoms with van der Waals surface area (Å²) in [4.78, 5) is 30.6. The van der Waals surface area contributed by atoms with Crippen molar-refractivity contribution in [2.75, 3.05) is 31.2 Å². The molecule has 0 bridgehead atoms. The number of carbonyl (C=O) groups excluding carboxylic acids is 1. The van der Waals surface area contributed by atoms with Crippen molar-refractivity contribution in [2.45, 2.75) is 58.0 Å². The highest BCUT2D eigenvalue weighted by Gasteiger charge is 2.33. The van der Waals surface area contributed by atoms with Crippen molar-refractivity contribution in [1.82, 2.24) is 25.2 Å². The maximum atomic E-state index is 14.3. The number of piperidine rings is 1. The molecule has 0 saturated carbocycles. The number of hydrogen-bond acceptors (Lipinski definition) is 9. The van der Waals surface area contributed by atoms with Crippen LogP contribution in [0.15, 0.2) is 43.0 Å². The third kappa shape index (κ3) is 5.31. The van der Waals surface area contributed by atoms with E-state index in [9.17, 15) is 9.18 Å². The van der Waals surface area contributed by atoms with Crippen molar-refractivity contribution in [3.8, 4) is 17.2 Å². The minimum absolute atomic E-state index is 0.0772. The van der Waals surface area contributed by atoms with Gasteiger partial charge < -0.3 is 29.3 Å². The molecule has 6 rings (SSSR count). The van der Waals surface area contributed by atoms with E-state index >= 15 is 0 Å². The van der Waals surface area contributed by atoms with Gasteiger partial charge in [-0.3, -0.25) is 9.78 Å². The van der Waals surface area contributed by atoms with E-state index in [0.717, 1.165) is 42.9 Å². The van der Waals surface area contributed by atoms with Gasteiger partial charge in [0.1, 0.15) is 29.7 Å². The van der Waals surface area contributed by atoms with Crippen LogP contribution in [0.3, 0.4) is 0 Å². The van der Waals surface area contributed by atoms with E-state index in [2.05, 4.69) is 25.2 Å². The molecule has 210 valence electrons. The fraction of sp³-hybridized carbons (Fsp3) is 0.448. The first-order valence-corrected chi connectivity index (χ1v) is 13.7. The SMILES string of the molecule is C[C@@H]1COC[C@@H](C)N1C(=O)c1cc(F)ccc1Oc1cncnc1N1CCC(Oc2ccnc3c2CNC3)CC1. The van der Waals surface area contributed by atoms with Gasteiger partial charge in [0, 0.05) is 50.8 Å². The van der Waals surface area contributed by atoms with E-state index in [1.165, 1.54) is 24.5 Å². The van der Waals surface area contributed by atoms with E-state index in [-0.39, 0.29) is 35.4 Å². The van der Waals surface area contributed by atoms with Gasteiger partial charge in [0.15, 0.2) is 11.6 Å². The number of fused-ring (bicyclic) bond motifs is 1. The van der Waals surface area contributed by atoms with Crippen LogP contribution in [-0.4, -0.2) is 70.2 Å². The summed E-state index contributed by atoms with van der Waals surface area (Å²) in [6, 6.07) is 5.65. The molecule has 40 heavy (non-hydrogen) atoms. The number of carbonyl (C=O) groups is 1. The Labute approximate surface area is 232 Å². The predicted molar refractivity (Wildman–Crippen MR) is 145 cm³/mol. The van der Waals surface area contributed by atoms with Crippen LogP contribution in [0.1, 0.15) is 48.3 Å². The molecule has 0 spiro atoms. The Kier molecular flexibility index (Phi) is 7.48. The Balaban J connectivity index is 1.18. The smallest absolute Gasteiger partial charge is 0.258 e. The van der Waals surface area contributed by atoms with Crippen molar-refractivity contribution in [2.24, 2.45) is 0 Å². The summed E-state index contributed by atoms with van der Waals surface area (Å²) in [5.41, 5.74) is 2.35. The second-order valence-corrected chi connectivity index (χ2v) is 10.5. The number of pyridine rings is 1. The van der Waals surface area contributed by atoms with E-state index in [0.29, 0.717) is 37.9 Å². The molecule has 1 N–H and O–H groups in total. The van der Waals surface area contributed by atoms with E-state index in [4.69, 9.17) is 14.2 Å². The summed E-state index contributed by atoms with van der Waals surface area (Å²) >= 11 is 0. The zero-order valence-electron chi connectivity index (χ0n) is 22.7. The third-order valence-corrected chi connectivity index (χ3v) is 7.68. The van der Waals surface area contributed by atoms with Crippen LogP contribution in [-0.2, 0) is 17.8 Å². The van der Waals surface area contributed by atoms with Gasteiger partial charge in [0.05, 0.1) is 42.8 Å². The minimum Gasteiger partial charge on any atom is -0.490 e. The fourth-order valence-corrected chi connectivity index (χ4v) is 5.68. The van der Waals surface area contributed by atoms with Crippen LogP contribution in [0.25, 0.3) is 0 Å². The number of anilines is 1. The summed E-state index contributed by atoms with van der Waals surface area (Å²) in [7, 11) is 0. The van der Waals surface area contributed by atoms with Crippen LogP contribution < -0.4 is 19.7 Å². The second-order valence-electron chi connectivity index (χ2n) is 10.5. The molecule has 5 heterocycles. The molecule has 1 aromatic carbocycles. The molecular weight excluding hydrogens is 515 g/mol. The quantitative estimate of drug-likeness (QED) is 0.494. The van der Waals surface area contributed by atoms with E-state index in [1.54, 1.807) is 17.3 Å². The second kappa shape index (κ2) is 11.3. The largest absolute Gasteiger partial charge is 0.490 e. The number of benzene rings is 1. The standard InChI is InChI=1S/C29H33FN6O4/c1-18-15-38-16-19(2)36(18)29(37)22-11-20(30)3-4-25(22)40-27-14-32-17-34-28(27)35-9-6-21(7-10-35)39-26-5-8-33-24-13-31-12-23(24)26/h3-5,8,11,14,17-19,21,31H,6-7,9-10,12-13,15-16H2,1-2H3/t18-,19-/m1/s1. The Bertz CT molecular complexity index is 1370. The van der Waals surface area contributed by atoms with Crippen LogP contribution in [0, 0.1) is 5.82 Å². The average molecular weight is 549 g/mol. The highest BCUT2D eigenvalue weighted by Crippen LogP contribution is 2.35. The van der Waals surface area contributed by atoms with Crippen molar-refractivity contribution >= 4 is 11.7 Å². The Hall–Kier alpha value is -3.83. The molecule has 2 aromatic heterocycles. The Morgan fingerprint density at radius 2 is 1.85 bits per heavy atom. The van der Waals surface area contributed by atoms with E-state index < -0.39 is 5.82 Å². The van der Waals surface area contributed by atoms with Gasteiger partial charge in [0.25, 0.3) is 5.91 Å². The van der Waals surface area contributed by atoms with Gasteiger partial charge in [-0.05, 0) is 38.1 Å². The van der Waals surface area contributed by atoms with Crippen molar-refractivity contribution in [1.29, 1.82) is 0 Å². The zero-order valence-corrected chi connectivity index (χ0v) is 22.7. The number of nitrogens with zero attached hydrogens (tertiary/aromatic N) is 5. The number of rotatable bonds is 6. The maximum absolute atomic E-state index is 14.3. The normalized spacial score (nSPS) is 21.3. The lowest BCUT2D eigenvalue weighted by molar-refractivity contribution is -0.0250. The van der Waals surface area contributed by atoms with Gasteiger partial charge in [-0.2, -0.15) is 0 Å². The van der Waals surface area contributed by atoms with Crippen LogP contribution in [0.2, 0.25) is 0 Å². The van der Waals surface area contributed by atoms with Gasteiger partial charge in [-0.15, -0.1) is 0 Å². The van der Waals surface area contributed by atoms with Crippen molar-refractivity contribution < 1.29 is 23.4 Å². The molecule has 11 heteroatoms. The topological polar surface area (TPSA) is 102 Å². The van der Waals surface area contributed by atoms with Crippen molar-refractivity contribution in [3.05, 3.63) is 65.6 Å². The number of aromatic nitrogens is 3. The molecule has 0 unspecified atom stereocenters. The third-order valence-electron chi connectivity index (χ3n) is 7.68. The van der Waals surface area contributed by atoms with E-state index in [1.807, 2.05) is 19.9 Å². The summed E-state index contributed by atoms with van der Waals surface area (Å²) in [6.45, 7) is 7.66. The zero-order chi connectivity index (χ0) is 27.6. The fourth-order valence-electron chi connectivity index (χ4n) is 5.68. The summed E-state index contributed by atoms with van der Waals surface area (Å²) < 4.78 is 32.5. The molecular formula is C29H33FN6O4. The lowest BCUT2D eigenvalue weighted by Crippen LogP contribution is -2.52. The molecule has 0 aliphatic carbocycles. The molecule has 1 amide bonds. The first-order chi connectivity index (χ1) is 19.5. The molecule has 2 atom stereocenters. The van der Waals surface area contributed by atoms with Gasteiger partial charge >= 0.3 is 0 Å². The summed E-state index contributed by atoms with van der Waals surface area (Å²) in [6.07, 6.45) is 6.55. The molecule has 3 aromatic rings. The summed E-state index contributed by atoms with van der Waals surface area (Å²) in [5.74, 6) is 1.38. The van der Waals surface area contributed by atoms with Crippen LogP contribution in [0.5, 0.6) is 17.2 Å². The van der Waals surface area contributed by atoms with Crippen LogP contribution >= 0.6 is 0 Å². The number of nitrogens with one attached hydrogen (secondary N) is 1. The molecule has 3 aliphatic heterocycles. The number of morpholine rings is 1. The van der Waals surface area contributed by atoms with Crippen molar-refractivity contribution in [3.63, 3.8) is 0 Å². The lowest BCUT2D eigenvalue weighted by atomic mass is 10.1. The lowest BCUT2D eigenvalue weighted by Gasteiger charge is -2.39. The average Bonchev–Trinajstić information content (AvgIpc) is 3.45. The predicted octanol–water partition coefficient (Wildman–Crippen LogP) is 3.70. The number of halogens is 1. The Morgan fingerprint density at radius 3 is 2.65 bits per heavy atom. The number of amides is 1. The Morgan fingerprint density at radius 1 is 1.05 bits per heavy atom.